The van der Waals surface area contributed by atoms with Crippen LogP contribution in [0.25, 0.3) is 0 Å². The molecule has 3 heteroatoms. The molecule has 1 unspecified atom stereocenters. The van der Waals surface area contributed by atoms with E-state index in [1.807, 2.05) is 0 Å². The Morgan fingerprint density at radius 3 is 2.93 bits per heavy atom. The Morgan fingerprint density at radius 2 is 2.27 bits per heavy atom. The van der Waals surface area contributed by atoms with Gasteiger partial charge in [-0.15, -0.1) is 0 Å². The van der Waals surface area contributed by atoms with Gasteiger partial charge in [-0.1, -0.05) is 0 Å². The normalized spacial score (nSPS) is 20.3. The summed E-state index contributed by atoms with van der Waals surface area (Å²) in [7, 11) is 0. The molecule has 0 bridgehead atoms. The van der Waals surface area contributed by atoms with Crippen molar-refractivity contribution in [3.8, 4) is 0 Å². The lowest BCUT2D eigenvalue weighted by Crippen LogP contribution is -2.28. The van der Waals surface area contributed by atoms with Crippen LogP contribution in [0.5, 0.6) is 0 Å². The summed E-state index contributed by atoms with van der Waals surface area (Å²) in [4.78, 5) is 0. The van der Waals surface area contributed by atoms with Gasteiger partial charge in [-0.25, -0.2) is 0 Å². The van der Waals surface area contributed by atoms with Gasteiger partial charge in [0.05, 0.1) is 0 Å². The van der Waals surface area contributed by atoms with E-state index >= 15 is 0 Å². The van der Waals surface area contributed by atoms with E-state index in [1.54, 1.807) is 11.3 Å². The van der Waals surface area contributed by atoms with Crippen molar-refractivity contribution >= 4 is 11.3 Å². The molecule has 2 nitrogen and oxygen atoms in total. The Morgan fingerprint density at radius 1 is 1.47 bits per heavy atom. The van der Waals surface area contributed by atoms with Crippen molar-refractivity contribution in [1.29, 1.82) is 0 Å². The fourth-order valence-electron chi connectivity index (χ4n) is 2.21. The van der Waals surface area contributed by atoms with Crippen molar-refractivity contribution in [2.75, 3.05) is 13.2 Å². The maximum Gasteiger partial charge on any atom is 0.0468 e. The van der Waals surface area contributed by atoms with Crippen LogP contribution in [0.4, 0.5) is 0 Å². The molecule has 0 spiro atoms. The lowest BCUT2D eigenvalue weighted by Gasteiger charge is -2.24. The second kappa shape index (κ2) is 5.64. The van der Waals surface area contributed by atoms with Crippen LogP contribution in [-0.2, 0) is 11.2 Å². The summed E-state index contributed by atoms with van der Waals surface area (Å²) in [6, 6.07) is 2.50. The van der Waals surface area contributed by atoms with Gasteiger partial charge in [0.15, 0.2) is 0 Å². The first-order chi connectivity index (χ1) is 7.34. The molecule has 2 N–H and O–H groups in total. The molecule has 1 aliphatic heterocycles. The van der Waals surface area contributed by atoms with Crippen molar-refractivity contribution in [1.82, 2.24) is 0 Å². The number of thiophene rings is 1. The largest absolute Gasteiger partial charge is 0.381 e. The molecule has 1 aromatic heterocycles. The maximum absolute atomic E-state index is 6.16. The van der Waals surface area contributed by atoms with Gasteiger partial charge in [-0.05, 0) is 54.0 Å². The second-order valence-corrected chi connectivity index (χ2v) is 5.17. The molecule has 1 aliphatic rings. The van der Waals surface area contributed by atoms with Gasteiger partial charge in [0.1, 0.15) is 0 Å². The van der Waals surface area contributed by atoms with Crippen molar-refractivity contribution in [3.63, 3.8) is 0 Å². The Kier molecular flexibility index (Phi) is 4.18. The number of hydrogen-bond acceptors (Lipinski definition) is 3. The Hall–Kier alpha value is -0.380. The van der Waals surface area contributed by atoms with Crippen LogP contribution in [0.1, 0.15) is 24.8 Å². The highest BCUT2D eigenvalue weighted by molar-refractivity contribution is 7.07. The molecule has 0 aliphatic carbocycles. The second-order valence-electron chi connectivity index (χ2n) is 4.39. The fourth-order valence-corrected chi connectivity index (χ4v) is 2.89. The zero-order valence-corrected chi connectivity index (χ0v) is 9.84. The van der Waals surface area contributed by atoms with E-state index in [4.69, 9.17) is 10.5 Å². The lowest BCUT2D eigenvalue weighted by molar-refractivity contribution is 0.0619. The monoisotopic (exact) mass is 225 g/mol. The molecule has 1 saturated heterocycles. The van der Waals surface area contributed by atoms with Crippen molar-refractivity contribution in [2.24, 2.45) is 11.7 Å². The molecule has 0 saturated carbocycles. The first-order valence-corrected chi connectivity index (χ1v) is 6.63. The molecule has 0 amide bonds. The van der Waals surface area contributed by atoms with E-state index in [2.05, 4.69) is 16.8 Å². The maximum atomic E-state index is 6.16. The molecule has 2 heterocycles. The molecule has 84 valence electrons. The summed E-state index contributed by atoms with van der Waals surface area (Å²) >= 11 is 1.75. The smallest absolute Gasteiger partial charge is 0.0468 e. The fraction of sp³-hybridized carbons (Fsp3) is 0.667. The first-order valence-electron chi connectivity index (χ1n) is 5.69. The number of ether oxygens (including phenoxy) is 1. The Bertz CT molecular complexity index is 267. The van der Waals surface area contributed by atoms with Gasteiger partial charge >= 0.3 is 0 Å². The summed E-state index contributed by atoms with van der Waals surface area (Å²) in [5.41, 5.74) is 7.55. The summed E-state index contributed by atoms with van der Waals surface area (Å²) in [5, 5.41) is 4.32. The topological polar surface area (TPSA) is 35.2 Å². The molecule has 1 fully saturated rings. The molecule has 1 aromatic rings. The minimum atomic E-state index is 0.322. The van der Waals surface area contributed by atoms with E-state index < -0.39 is 0 Å². The van der Waals surface area contributed by atoms with Gasteiger partial charge in [-0.3, -0.25) is 0 Å². The zero-order chi connectivity index (χ0) is 10.5. The molecule has 0 aromatic carbocycles. The van der Waals surface area contributed by atoms with Crippen LogP contribution in [0, 0.1) is 5.92 Å². The Balaban J connectivity index is 1.74. The van der Waals surface area contributed by atoms with Gasteiger partial charge in [0, 0.05) is 19.3 Å². The number of rotatable bonds is 4. The standard InChI is InChI=1S/C12H19NOS/c13-12(8-11-3-6-15-9-11)7-10-1-4-14-5-2-10/h3,6,9-10,12H,1-2,4-5,7-8,13H2. The van der Waals surface area contributed by atoms with Crippen molar-refractivity contribution in [2.45, 2.75) is 31.7 Å². The minimum Gasteiger partial charge on any atom is -0.381 e. The lowest BCUT2D eigenvalue weighted by atomic mass is 9.91. The van der Waals surface area contributed by atoms with Crippen LogP contribution in [0.2, 0.25) is 0 Å². The predicted octanol–water partition coefficient (Wildman–Crippen LogP) is 2.43. The van der Waals surface area contributed by atoms with E-state index in [0.717, 1.165) is 32.0 Å². The van der Waals surface area contributed by atoms with Gasteiger partial charge in [-0.2, -0.15) is 11.3 Å². The average Bonchev–Trinajstić information content (AvgIpc) is 2.71. The molecule has 0 radical (unpaired) electrons. The number of hydrogen-bond donors (Lipinski definition) is 1. The SMILES string of the molecule is NC(Cc1ccsc1)CC1CCOCC1. The average molecular weight is 225 g/mol. The van der Waals surface area contributed by atoms with Crippen LogP contribution in [0.3, 0.4) is 0 Å². The quantitative estimate of drug-likeness (QED) is 0.854. The van der Waals surface area contributed by atoms with Crippen molar-refractivity contribution in [3.05, 3.63) is 22.4 Å². The summed E-state index contributed by atoms with van der Waals surface area (Å²) in [5.74, 6) is 0.785. The summed E-state index contributed by atoms with van der Waals surface area (Å²) in [6.07, 6.45) is 4.56. The molecule has 15 heavy (non-hydrogen) atoms. The van der Waals surface area contributed by atoms with Crippen LogP contribution < -0.4 is 5.73 Å². The third-order valence-corrected chi connectivity index (χ3v) is 3.79. The highest BCUT2D eigenvalue weighted by Gasteiger charge is 2.17. The third kappa shape index (κ3) is 3.59. The highest BCUT2D eigenvalue weighted by atomic mass is 32.1. The summed E-state index contributed by atoms with van der Waals surface area (Å²) in [6.45, 7) is 1.85. The molecular weight excluding hydrogens is 206 g/mol. The van der Waals surface area contributed by atoms with Crippen LogP contribution >= 0.6 is 11.3 Å². The molecule has 2 rings (SSSR count). The highest BCUT2D eigenvalue weighted by Crippen LogP contribution is 2.21. The van der Waals surface area contributed by atoms with E-state index in [0.29, 0.717) is 6.04 Å². The van der Waals surface area contributed by atoms with Crippen molar-refractivity contribution < 1.29 is 4.74 Å². The van der Waals surface area contributed by atoms with E-state index in [-0.39, 0.29) is 0 Å². The zero-order valence-electron chi connectivity index (χ0n) is 9.02. The molecule has 1 atom stereocenters. The summed E-state index contributed by atoms with van der Waals surface area (Å²) < 4.78 is 5.35. The third-order valence-electron chi connectivity index (χ3n) is 3.05. The van der Waals surface area contributed by atoms with Gasteiger partial charge in [0.25, 0.3) is 0 Å². The Labute approximate surface area is 95.4 Å². The van der Waals surface area contributed by atoms with Gasteiger partial charge < -0.3 is 10.5 Å². The molecular formula is C12H19NOS. The van der Waals surface area contributed by atoms with E-state index in [1.165, 1.54) is 18.4 Å². The van der Waals surface area contributed by atoms with Crippen LogP contribution in [-0.4, -0.2) is 19.3 Å². The van der Waals surface area contributed by atoms with Gasteiger partial charge in [0.2, 0.25) is 0 Å². The number of nitrogens with two attached hydrogens (primary N) is 1. The van der Waals surface area contributed by atoms with Crippen LogP contribution in [0.15, 0.2) is 16.8 Å². The first kappa shape index (κ1) is 11.1. The minimum absolute atomic E-state index is 0.322. The van der Waals surface area contributed by atoms with E-state index in [9.17, 15) is 0 Å². The predicted molar refractivity (Wildman–Crippen MR) is 64.2 cm³/mol.